The number of anilines is 1. The Hall–Kier alpha value is -1.14. The maximum absolute atomic E-state index is 12.3. The summed E-state index contributed by atoms with van der Waals surface area (Å²) in [7, 11) is 1.62. The van der Waals surface area contributed by atoms with E-state index in [-0.39, 0.29) is 11.9 Å². The number of hydrogen-bond acceptors (Lipinski definition) is 4. The molecule has 1 heterocycles. The number of nitrogens with one attached hydrogen (secondary N) is 2. The molecule has 1 aromatic rings. The molecule has 0 spiro atoms. The number of nitrogens with zero attached hydrogens (tertiary/aromatic N) is 1. The topological polar surface area (TPSA) is 63.2 Å². The van der Waals surface area contributed by atoms with Crippen LogP contribution in [0.25, 0.3) is 0 Å². The predicted octanol–water partition coefficient (Wildman–Crippen LogP) is 2.43. The second-order valence-corrected chi connectivity index (χ2v) is 5.03. The Morgan fingerprint density at radius 3 is 2.84 bits per heavy atom. The highest BCUT2D eigenvalue weighted by atomic mass is 79.9. The van der Waals surface area contributed by atoms with E-state index in [0.29, 0.717) is 24.5 Å². The van der Waals surface area contributed by atoms with E-state index in [4.69, 9.17) is 4.74 Å². The molecule has 1 unspecified atom stereocenters. The van der Waals surface area contributed by atoms with Crippen molar-refractivity contribution < 1.29 is 9.53 Å². The van der Waals surface area contributed by atoms with Crippen LogP contribution in [0.1, 0.15) is 30.6 Å². The Kier molecular flexibility index (Phi) is 6.80. The van der Waals surface area contributed by atoms with Crippen LogP contribution in [0.3, 0.4) is 0 Å². The molecule has 1 rings (SSSR count). The summed E-state index contributed by atoms with van der Waals surface area (Å²) in [4.78, 5) is 16.5. The predicted molar refractivity (Wildman–Crippen MR) is 79.5 cm³/mol. The minimum Gasteiger partial charge on any atom is -0.383 e. The first-order valence-corrected chi connectivity index (χ1v) is 7.10. The number of aromatic nitrogens is 1. The molecule has 1 amide bonds. The number of rotatable bonds is 7. The largest absolute Gasteiger partial charge is 0.383 e. The molecule has 0 aliphatic carbocycles. The summed E-state index contributed by atoms with van der Waals surface area (Å²) < 4.78 is 5.85. The van der Waals surface area contributed by atoms with Gasteiger partial charge in [0.05, 0.1) is 18.2 Å². The van der Waals surface area contributed by atoms with Crippen LogP contribution in [0.5, 0.6) is 0 Å². The van der Waals surface area contributed by atoms with Crippen LogP contribution in [0.15, 0.2) is 16.7 Å². The van der Waals surface area contributed by atoms with Crippen LogP contribution in [0, 0.1) is 0 Å². The third-order valence-electron chi connectivity index (χ3n) is 2.64. The minimum atomic E-state index is -0.145. The van der Waals surface area contributed by atoms with Crippen molar-refractivity contribution in [1.82, 2.24) is 10.3 Å². The number of methoxy groups -OCH3 is 1. The number of carbonyl (C=O) groups is 1. The van der Waals surface area contributed by atoms with Gasteiger partial charge in [-0.05, 0) is 35.3 Å². The SMILES string of the molecule is CCNc1ncc(Br)cc1C(=O)NC(CC)COC. The van der Waals surface area contributed by atoms with E-state index in [2.05, 4.69) is 31.5 Å². The molecule has 0 aliphatic heterocycles. The zero-order chi connectivity index (χ0) is 14.3. The fourth-order valence-corrected chi connectivity index (χ4v) is 1.98. The van der Waals surface area contributed by atoms with Gasteiger partial charge < -0.3 is 15.4 Å². The number of amides is 1. The van der Waals surface area contributed by atoms with E-state index in [1.165, 1.54) is 0 Å². The fraction of sp³-hybridized carbons (Fsp3) is 0.538. The van der Waals surface area contributed by atoms with E-state index in [1.54, 1.807) is 19.4 Å². The summed E-state index contributed by atoms with van der Waals surface area (Å²) in [5.41, 5.74) is 0.533. The Morgan fingerprint density at radius 1 is 1.53 bits per heavy atom. The van der Waals surface area contributed by atoms with Gasteiger partial charge in [-0.3, -0.25) is 4.79 Å². The lowest BCUT2D eigenvalue weighted by molar-refractivity contribution is 0.0895. The van der Waals surface area contributed by atoms with Gasteiger partial charge in [0.25, 0.3) is 5.91 Å². The number of carbonyl (C=O) groups excluding carboxylic acids is 1. The first kappa shape index (κ1) is 15.9. The van der Waals surface area contributed by atoms with Gasteiger partial charge in [0.1, 0.15) is 5.82 Å². The number of ether oxygens (including phenoxy) is 1. The van der Waals surface area contributed by atoms with Crippen LogP contribution >= 0.6 is 15.9 Å². The highest BCUT2D eigenvalue weighted by Crippen LogP contribution is 2.18. The van der Waals surface area contributed by atoms with Crippen molar-refractivity contribution in [3.05, 3.63) is 22.3 Å². The molecule has 1 aromatic heterocycles. The smallest absolute Gasteiger partial charge is 0.255 e. The molecule has 6 heteroatoms. The molecule has 0 saturated heterocycles. The van der Waals surface area contributed by atoms with Gasteiger partial charge in [0.15, 0.2) is 0 Å². The minimum absolute atomic E-state index is 0.00552. The van der Waals surface area contributed by atoms with Gasteiger partial charge in [-0.25, -0.2) is 4.98 Å². The molecule has 0 aromatic carbocycles. The zero-order valence-corrected chi connectivity index (χ0v) is 13.1. The summed E-state index contributed by atoms with van der Waals surface area (Å²) in [6, 6.07) is 1.77. The molecule has 5 nitrogen and oxygen atoms in total. The highest BCUT2D eigenvalue weighted by molar-refractivity contribution is 9.10. The molecule has 0 fully saturated rings. The van der Waals surface area contributed by atoms with Gasteiger partial charge in [-0.2, -0.15) is 0 Å². The quantitative estimate of drug-likeness (QED) is 0.806. The van der Waals surface area contributed by atoms with Crippen molar-refractivity contribution in [2.75, 3.05) is 25.6 Å². The Morgan fingerprint density at radius 2 is 2.26 bits per heavy atom. The first-order valence-electron chi connectivity index (χ1n) is 6.31. The van der Waals surface area contributed by atoms with Gasteiger partial charge in [-0.15, -0.1) is 0 Å². The number of halogens is 1. The van der Waals surface area contributed by atoms with Crippen molar-refractivity contribution in [3.8, 4) is 0 Å². The monoisotopic (exact) mass is 329 g/mol. The van der Waals surface area contributed by atoms with Crippen molar-refractivity contribution in [2.45, 2.75) is 26.3 Å². The van der Waals surface area contributed by atoms with Crippen LogP contribution < -0.4 is 10.6 Å². The normalized spacial score (nSPS) is 12.0. The Labute approximate surface area is 122 Å². The van der Waals surface area contributed by atoms with Crippen LogP contribution in [-0.4, -0.2) is 37.2 Å². The second kappa shape index (κ2) is 8.12. The molecule has 1 atom stereocenters. The summed E-state index contributed by atoms with van der Waals surface area (Å²) in [5.74, 6) is 0.448. The number of pyridine rings is 1. The molecular formula is C13H20BrN3O2. The maximum Gasteiger partial charge on any atom is 0.255 e. The van der Waals surface area contributed by atoms with E-state index >= 15 is 0 Å². The van der Waals surface area contributed by atoms with Crippen molar-refractivity contribution in [3.63, 3.8) is 0 Å². The summed E-state index contributed by atoms with van der Waals surface area (Å²) >= 11 is 3.33. The molecule has 2 N–H and O–H groups in total. The van der Waals surface area contributed by atoms with E-state index in [9.17, 15) is 4.79 Å². The molecule has 0 bridgehead atoms. The van der Waals surface area contributed by atoms with Gasteiger partial charge in [0, 0.05) is 24.3 Å². The second-order valence-electron chi connectivity index (χ2n) is 4.11. The number of hydrogen-bond donors (Lipinski definition) is 2. The molecule has 19 heavy (non-hydrogen) atoms. The Bertz CT molecular complexity index is 426. The molecule has 106 valence electrons. The summed E-state index contributed by atoms with van der Waals surface area (Å²) in [5, 5.41) is 6.03. The lowest BCUT2D eigenvalue weighted by Crippen LogP contribution is -2.37. The average Bonchev–Trinajstić information content (AvgIpc) is 2.40. The molecular weight excluding hydrogens is 310 g/mol. The third-order valence-corrected chi connectivity index (χ3v) is 3.07. The van der Waals surface area contributed by atoms with E-state index < -0.39 is 0 Å². The lowest BCUT2D eigenvalue weighted by Gasteiger charge is -2.17. The highest BCUT2D eigenvalue weighted by Gasteiger charge is 2.16. The summed E-state index contributed by atoms with van der Waals surface area (Å²) in [6.07, 6.45) is 2.48. The van der Waals surface area contributed by atoms with Crippen LogP contribution in [0.4, 0.5) is 5.82 Å². The zero-order valence-electron chi connectivity index (χ0n) is 11.5. The van der Waals surface area contributed by atoms with Crippen molar-refractivity contribution in [1.29, 1.82) is 0 Å². The van der Waals surface area contributed by atoms with Crippen LogP contribution in [-0.2, 0) is 4.74 Å². The molecule has 0 aliphatic rings. The van der Waals surface area contributed by atoms with E-state index in [1.807, 2.05) is 13.8 Å². The van der Waals surface area contributed by atoms with Gasteiger partial charge >= 0.3 is 0 Å². The van der Waals surface area contributed by atoms with Gasteiger partial charge in [0.2, 0.25) is 0 Å². The lowest BCUT2D eigenvalue weighted by atomic mass is 10.2. The van der Waals surface area contributed by atoms with Crippen molar-refractivity contribution in [2.24, 2.45) is 0 Å². The van der Waals surface area contributed by atoms with E-state index in [0.717, 1.165) is 10.9 Å². The molecule has 0 saturated carbocycles. The fourth-order valence-electron chi connectivity index (χ4n) is 1.65. The van der Waals surface area contributed by atoms with Crippen LogP contribution in [0.2, 0.25) is 0 Å². The maximum atomic E-state index is 12.3. The summed E-state index contributed by atoms with van der Waals surface area (Å²) in [6.45, 7) is 5.18. The molecule has 0 radical (unpaired) electrons. The standard InChI is InChI=1S/C13H20BrN3O2/c1-4-10(8-19-3)17-13(18)11-6-9(14)7-16-12(11)15-5-2/h6-7,10H,4-5,8H2,1-3H3,(H,15,16)(H,17,18). The first-order chi connectivity index (χ1) is 9.12. The van der Waals surface area contributed by atoms with Gasteiger partial charge in [-0.1, -0.05) is 6.92 Å². The van der Waals surface area contributed by atoms with Crippen molar-refractivity contribution >= 4 is 27.7 Å². The Balaban J connectivity index is 2.87. The third kappa shape index (κ3) is 4.80. The average molecular weight is 330 g/mol.